The van der Waals surface area contributed by atoms with Crippen LogP contribution in [0.25, 0.3) is 6.08 Å². The van der Waals surface area contributed by atoms with Crippen molar-refractivity contribution in [2.75, 3.05) is 12.4 Å². The zero-order chi connectivity index (χ0) is 19.9. The van der Waals surface area contributed by atoms with Crippen LogP contribution in [0.1, 0.15) is 16.7 Å². The molecule has 0 spiro atoms. The number of alkyl halides is 3. The van der Waals surface area contributed by atoms with Crippen molar-refractivity contribution in [1.29, 1.82) is 0 Å². The molecule has 0 heterocycles. The average molecular weight is 378 g/mol. The number of halogens is 3. The molecule has 0 aliphatic carbocycles. The molecule has 0 radical (unpaired) electrons. The van der Waals surface area contributed by atoms with Gasteiger partial charge in [0.05, 0.1) is 12.7 Å². The lowest BCUT2D eigenvalue weighted by Gasteiger charge is -2.07. The lowest BCUT2D eigenvalue weighted by molar-refractivity contribution is -0.137. The second-order valence-corrected chi connectivity index (χ2v) is 5.49. The third-order valence-corrected chi connectivity index (χ3v) is 3.49. The number of carbonyl (C=O) groups is 2. The van der Waals surface area contributed by atoms with Crippen LogP contribution in [0.15, 0.2) is 54.6 Å². The Kier molecular flexibility index (Phi) is 6.59. The molecular weight excluding hydrogens is 361 g/mol. The molecule has 2 amide bonds. The van der Waals surface area contributed by atoms with E-state index in [0.29, 0.717) is 5.69 Å². The molecule has 0 atom stereocenters. The van der Waals surface area contributed by atoms with Crippen molar-refractivity contribution in [1.82, 2.24) is 5.32 Å². The van der Waals surface area contributed by atoms with Gasteiger partial charge >= 0.3 is 12.3 Å². The first-order valence-corrected chi connectivity index (χ1v) is 7.85. The molecule has 0 aliphatic rings. The molecule has 2 rings (SSSR count). The normalized spacial score (nSPS) is 11.3. The summed E-state index contributed by atoms with van der Waals surface area (Å²) in [6.45, 7) is 0.226. The minimum atomic E-state index is -4.43. The van der Waals surface area contributed by atoms with Crippen molar-refractivity contribution in [3.05, 3.63) is 71.3 Å². The van der Waals surface area contributed by atoms with Gasteiger partial charge in [-0.2, -0.15) is 13.2 Å². The predicted molar refractivity (Wildman–Crippen MR) is 94.8 cm³/mol. The first-order chi connectivity index (χ1) is 12.8. The Morgan fingerprint density at radius 3 is 2.44 bits per heavy atom. The highest BCUT2D eigenvalue weighted by atomic mass is 19.4. The fraction of sp³-hybridized carbons (Fsp3) is 0.158. The van der Waals surface area contributed by atoms with Gasteiger partial charge in [0.15, 0.2) is 0 Å². The van der Waals surface area contributed by atoms with Crippen LogP contribution < -0.4 is 10.6 Å². The second kappa shape index (κ2) is 8.88. The van der Waals surface area contributed by atoms with E-state index in [-0.39, 0.29) is 12.1 Å². The third kappa shape index (κ3) is 6.50. The summed E-state index contributed by atoms with van der Waals surface area (Å²) in [6.07, 6.45) is -2.53. The SMILES string of the molecule is COC(=O)Nc1ccc(CNC(=O)/C=C/c2cccc(C(F)(F)F)c2)cc1. The maximum absolute atomic E-state index is 12.7. The summed E-state index contributed by atoms with van der Waals surface area (Å²) < 4.78 is 42.5. The zero-order valence-corrected chi connectivity index (χ0v) is 14.3. The number of carbonyl (C=O) groups excluding carboxylic acids is 2. The highest BCUT2D eigenvalue weighted by Gasteiger charge is 2.30. The van der Waals surface area contributed by atoms with Gasteiger partial charge in [0.2, 0.25) is 5.91 Å². The summed E-state index contributed by atoms with van der Waals surface area (Å²) in [5.41, 5.74) is 0.830. The van der Waals surface area contributed by atoms with Crippen molar-refractivity contribution < 1.29 is 27.5 Å². The first kappa shape index (κ1) is 20.0. The molecule has 27 heavy (non-hydrogen) atoms. The van der Waals surface area contributed by atoms with Crippen LogP contribution in [0.4, 0.5) is 23.7 Å². The largest absolute Gasteiger partial charge is 0.453 e. The van der Waals surface area contributed by atoms with E-state index in [1.807, 2.05) is 0 Å². The number of amides is 2. The van der Waals surface area contributed by atoms with Gasteiger partial charge in [-0.3, -0.25) is 10.1 Å². The Bertz CT molecular complexity index is 831. The molecule has 0 unspecified atom stereocenters. The lowest BCUT2D eigenvalue weighted by atomic mass is 10.1. The Morgan fingerprint density at radius 2 is 1.81 bits per heavy atom. The van der Waals surface area contributed by atoms with Gasteiger partial charge in [-0.25, -0.2) is 4.79 Å². The summed E-state index contributed by atoms with van der Waals surface area (Å²) >= 11 is 0. The van der Waals surface area contributed by atoms with Gasteiger partial charge in [-0.05, 0) is 41.5 Å². The molecular formula is C19H17F3N2O3. The predicted octanol–water partition coefficient (Wildman–Crippen LogP) is 4.21. The third-order valence-electron chi connectivity index (χ3n) is 3.49. The second-order valence-electron chi connectivity index (χ2n) is 5.49. The summed E-state index contributed by atoms with van der Waals surface area (Å²) in [4.78, 5) is 22.9. The molecule has 0 saturated heterocycles. The quantitative estimate of drug-likeness (QED) is 0.766. The van der Waals surface area contributed by atoms with E-state index >= 15 is 0 Å². The molecule has 2 aromatic carbocycles. The van der Waals surface area contributed by atoms with Gasteiger partial charge in [0, 0.05) is 18.3 Å². The van der Waals surface area contributed by atoms with Crippen molar-refractivity contribution in [2.45, 2.75) is 12.7 Å². The number of nitrogens with one attached hydrogen (secondary N) is 2. The van der Waals surface area contributed by atoms with E-state index in [1.54, 1.807) is 24.3 Å². The van der Waals surface area contributed by atoms with Crippen molar-refractivity contribution in [2.24, 2.45) is 0 Å². The fourth-order valence-electron chi connectivity index (χ4n) is 2.11. The molecule has 0 bridgehead atoms. The highest BCUT2D eigenvalue weighted by Crippen LogP contribution is 2.29. The molecule has 0 saturated carbocycles. The van der Waals surface area contributed by atoms with Gasteiger partial charge in [0.1, 0.15) is 0 Å². The fourth-order valence-corrected chi connectivity index (χ4v) is 2.11. The minimum Gasteiger partial charge on any atom is -0.453 e. The number of rotatable bonds is 5. The van der Waals surface area contributed by atoms with E-state index < -0.39 is 23.7 Å². The van der Waals surface area contributed by atoms with E-state index in [0.717, 1.165) is 17.7 Å². The van der Waals surface area contributed by atoms with Crippen molar-refractivity contribution in [3.8, 4) is 0 Å². The molecule has 0 aliphatic heterocycles. The smallest absolute Gasteiger partial charge is 0.416 e. The van der Waals surface area contributed by atoms with Crippen LogP contribution in [-0.4, -0.2) is 19.1 Å². The van der Waals surface area contributed by atoms with Crippen LogP contribution in [0.2, 0.25) is 0 Å². The number of hydrogen-bond acceptors (Lipinski definition) is 3. The lowest BCUT2D eigenvalue weighted by Crippen LogP contribution is -2.20. The summed E-state index contributed by atoms with van der Waals surface area (Å²) in [5, 5.41) is 5.12. The van der Waals surface area contributed by atoms with E-state index in [4.69, 9.17) is 0 Å². The van der Waals surface area contributed by atoms with Crippen LogP contribution >= 0.6 is 0 Å². The number of ether oxygens (including phenoxy) is 1. The molecule has 8 heteroatoms. The Hall–Kier alpha value is -3.29. The standard InChI is InChI=1S/C19H17F3N2O3/c1-27-18(26)24-16-8-5-14(6-9-16)12-23-17(25)10-7-13-3-2-4-15(11-13)19(20,21)22/h2-11H,12H2,1H3,(H,23,25)(H,24,26)/b10-7+. The Morgan fingerprint density at radius 1 is 1.11 bits per heavy atom. The Labute approximate surface area is 153 Å². The minimum absolute atomic E-state index is 0.226. The number of methoxy groups -OCH3 is 1. The molecule has 2 aromatic rings. The monoisotopic (exact) mass is 378 g/mol. The van der Waals surface area contributed by atoms with E-state index in [9.17, 15) is 22.8 Å². The first-order valence-electron chi connectivity index (χ1n) is 7.85. The zero-order valence-electron chi connectivity index (χ0n) is 14.3. The molecule has 142 valence electrons. The van der Waals surface area contributed by atoms with Gasteiger partial charge in [0.25, 0.3) is 0 Å². The number of hydrogen-bond donors (Lipinski definition) is 2. The number of anilines is 1. The van der Waals surface area contributed by atoms with E-state index in [2.05, 4.69) is 15.4 Å². The van der Waals surface area contributed by atoms with Crippen LogP contribution in [-0.2, 0) is 22.3 Å². The topological polar surface area (TPSA) is 67.4 Å². The van der Waals surface area contributed by atoms with Crippen LogP contribution in [0.3, 0.4) is 0 Å². The molecule has 5 nitrogen and oxygen atoms in total. The van der Waals surface area contributed by atoms with Gasteiger partial charge in [-0.15, -0.1) is 0 Å². The highest BCUT2D eigenvalue weighted by molar-refractivity contribution is 5.91. The summed E-state index contributed by atoms with van der Waals surface area (Å²) in [5.74, 6) is -0.441. The Balaban J connectivity index is 1.89. The molecule has 2 N–H and O–H groups in total. The maximum atomic E-state index is 12.7. The van der Waals surface area contributed by atoms with Crippen LogP contribution in [0.5, 0.6) is 0 Å². The van der Waals surface area contributed by atoms with Crippen LogP contribution in [0, 0.1) is 0 Å². The molecule has 0 fully saturated rings. The average Bonchev–Trinajstić information content (AvgIpc) is 2.65. The summed E-state index contributed by atoms with van der Waals surface area (Å²) in [7, 11) is 1.26. The summed E-state index contributed by atoms with van der Waals surface area (Å²) in [6, 6.07) is 11.4. The van der Waals surface area contributed by atoms with Gasteiger partial charge in [-0.1, -0.05) is 24.3 Å². The van der Waals surface area contributed by atoms with Crippen molar-refractivity contribution >= 4 is 23.8 Å². The maximum Gasteiger partial charge on any atom is 0.416 e. The molecule has 0 aromatic heterocycles. The van der Waals surface area contributed by atoms with Crippen molar-refractivity contribution in [3.63, 3.8) is 0 Å². The van der Waals surface area contributed by atoms with E-state index in [1.165, 1.54) is 31.4 Å². The van der Waals surface area contributed by atoms with Gasteiger partial charge < -0.3 is 10.1 Å². The number of benzene rings is 2.